The highest BCUT2D eigenvalue weighted by Crippen LogP contribution is 2.35. The Labute approximate surface area is 119 Å². The van der Waals surface area contributed by atoms with E-state index < -0.39 is 0 Å². The summed E-state index contributed by atoms with van der Waals surface area (Å²) in [5, 5.41) is 13.5. The number of fused-ring (bicyclic) bond motifs is 1. The number of rotatable bonds is 3. The molecule has 20 heavy (non-hydrogen) atoms. The summed E-state index contributed by atoms with van der Waals surface area (Å²) in [5.74, 6) is -0.280. The van der Waals surface area contributed by atoms with Gasteiger partial charge >= 0.3 is 0 Å². The third-order valence-electron chi connectivity index (χ3n) is 2.94. The molecule has 2 heterocycles. The number of hydrogen-bond donors (Lipinski definition) is 2. The number of benzene rings is 1. The summed E-state index contributed by atoms with van der Waals surface area (Å²) in [6, 6.07) is 13.1. The number of aromatic hydroxyl groups is 1. The lowest BCUT2D eigenvalue weighted by atomic mass is 10.2. The monoisotopic (exact) mass is 284 g/mol. The molecule has 0 unspecified atom stereocenters. The Morgan fingerprint density at radius 1 is 1.20 bits per heavy atom. The predicted molar refractivity (Wildman–Crippen MR) is 78.9 cm³/mol. The molecule has 3 rings (SSSR count). The summed E-state index contributed by atoms with van der Waals surface area (Å²) >= 11 is 1.19. The maximum atomic E-state index is 12.1. The molecule has 0 radical (unpaired) electrons. The second-order valence-electron chi connectivity index (χ2n) is 4.30. The molecule has 100 valence electrons. The fourth-order valence-corrected chi connectivity index (χ4v) is 2.89. The maximum Gasteiger partial charge on any atom is 0.265 e. The minimum atomic E-state index is -0.283. The summed E-state index contributed by atoms with van der Waals surface area (Å²) in [7, 11) is 0. The van der Waals surface area contributed by atoms with E-state index in [0.29, 0.717) is 21.6 Å². The van der Waals surface area contributed by atoms with Crippen molar-refractivity contribution in [2.45, 2.75) is 6.54 Å². The molecule has 0 aliphatic heterocycles. The molecule has 0 spiro atoms. The van der Waals surface area contributed by atoms with Gasteiger partial charge in [0.05, 0.1) is 5.39 Å². The van der Waals surface area contributed by atoms with Gasteiger partial charge in [-0.2, -0.15) is 0 Å². The number of amides is 1. The van der Waals surface area contributed by atoms with Crippen LogP contribution in [0, 0.1) is 0 Å². The van der Waals surface area contributed by atoms with Crippen molar-refractivity contribution in [1.82, 2.24) is 10.3 Å². The van der Waals surface area contributed by atoms with E-state index in [1.807, 2.05) is 30.3 Å². The van der Waals surface area contributed by atoms with Gasteiger partial charge in [0.1, 0.15) is 15.5 Å². The van der Waals surface area contributed by atoms with Crippen LogP contribution in [0.5, 0.6) is 5.75 Å². The number of carbonyl (C=O) groups excluding carboxylic acids is 1. The SMILES string of the molecule is O=C(NCc1ccccc1)c1sc2ncccc2c1O. The minimum absolute atomic E-state index is 0.00339. The fraction of sp³-hybridized carbons (Fsp3) is 0.0667. The van der Waals surface area contributed by atoms with Crippen molar-refractivity contribution in [3.63, 3.8) is 0 Å². The average molecular weight is 284 g/mol. The lowest BCUT2D eigenvalue weighted by Gasteiger charge is -2.03. The number of thiophene rings is 1. The van der Waals surface area contributed by atoms with Crippen LogP contribution >= 0.6 is 11.3 Å². The molecule has 0 atom stereocenters. The van der Waals surface area contributed by atoms with Gasteiger partial charge < -0.3 is 10.4 Å². The molecule has 1 aromatic carbocycles. The first kappa shape index (κ1) is 12.6. The molecular formula is C15H12N2O2S. The van der Waals surface area contributed by atoms with Gasteiger partial charge in [-0.3, -0.25) is 4.79 Å². The molecule has 0 aliphatic carbocycles. The van der Waals surface area contributed by atoms with Crippen molar-refractivity contribution in [2.75, 3.05) is 0 Å². The Morgan fingerprint density at radius 3 is 2.75 bits per heavy atom. The van der Waals surface area contributed by atoms with Crippen LogP contribution in [0.25, 0.3) is 10.2 Å². The highest BCUT2D eigenvalue weighted by molar-refractivity contribution is 7.20. The summed E-state index contributed by atoms with van der Waals surface area (Å²) in [6.45, 7) is 0.431. The van der Waals surface area contributed by atoms with E-state index in [9.17, 15) is 9.90 Å². The Morgan fingerprint density at radius 2 is 2.00 bits per heavy atom. The average Bonchev–Trinajstić information content (AvgIpc) is 2.84. The van der Waals surface area contributed by atoms with E-state index in [0.717, 1.165) is 5.56 Å². The van der Waals surface area contributed by atoms with Gasteiger partial charge in [-0.25, -0.2) is 4.98 Å². The van der Waals surface area contributed by atoms with Gasteiger partial charge in [-0.05, 0) is 17.7 Å². The molecule has 0 saturated carbocycles. The number of carbonyl (C=O) groups is 1. The summed E-state index contributed by atoms with van der Waals surface area (Å²) in [5.41, 5.74) is 1.01. The molecule has 0 aliphatic rings. The fourth-order valence-electron chi connectivity index (χ4n) is 1.93. The molecule has 0 saturated heterocycles. The normalized spacial score (nSPS) is 10.6. The van der Waals surface area contributed by atoms with Crippen molar-refractivity contribution in [1.29, 1.82) is 0 Å². The van der Waals surface area contributed by atoms with Crippen molar-refractivity contribution >= 4 is 27.5 Å². The predicted octanol–water partition coefficient (Wildman–Crippen LogP) is 2.93. The third kappa shape index (κ3) is 2.35. The van der Waals surface area contributed by atoms with Crippen molar-refractivity contribution < 1.29 is 9.90 Å². The molecule has 4 nitrogen and oxygen atoms in total. The van der Waals surface area contributed by atoms with E-state index in [2.05, 4.69) is 10.3 Å². The van der Waals surface area contributed by atoms with Crippen LogP contribution in [0.2, 0.25) is 0 Å². The van der Waals surface area contributed by atoms with Gasteiger partial charge in [0.2, 0.25) is 0 Å². The van der Waals surface area contributed by atoms with Crippen molar-refractivity contribution in [3.05, 3.63) is 59.1 Å². The Kier molecular flexibility index (Phi) is 3.35. The second-order valence-corrected chi connectivity index (χ2v) is 5.30. The van der Waals surface area contributed by atoms with E-state index in [4.69, 9.17) is 0 Å². The smallest absolute Gasteiger partial charge is 0.265 e. The van der Waals surface area contributed by atoms with E-state index >= 15 is 0 Å². The van der Waals surface area contributed by atoms with Crippen LogP contribution in [0.15, 0.2) is 48.7 Å². The molecule has 5 heteroatoms. The Balaban J connectivity index is 1.81. The molecule has 0 bridgehead atoms. The lowest BCUT2D eigenvalue weighted by molar-refractivity contribution is 0.0953. The van der Waals surface area contributed by atoms with Crippen LogP contribution in [-0.4, -0.2) is 16.0 Å². The first-order valence-electron chi connectivity index (χ1n) is 6.14. The zero-order valence-corrected chi connectivity index (χ0v) is 11.4. The molecule has 0 fully saturated rings. The van der Waals surface area contributed by atoms with Gasteiger partial charge in [0.15, 0.2) is 0 Å². The van der Waals surface area contributed by atoms with Crippen LogP contribution in [0.3, 0.4) is 0 Å². The molecule has 1 amide bonds. The number of pyridine rings is 1. The number of hydrogen-bond acceptors (Lipinski definition) is 4. The Bertz CT molecular complexity index is 753. The van der Waals surface area contributed by atoms with Crippen molar-refractivity contribution in [3.8, 4) is 5.75 Å². The minimum Gasteiger partial charge on any atom is -0.506 e. The highest BCUT2D eigenvalue weighted by Gasteiger charge is 2.18. The van der Waals surface area contributed by atoms with E-state index in [-0.39, 0.29) is 11.7 Å². The van der Waals surface area contributed by atoms with Crippen LogP contribution in [0.4, 0.5) is 0 Å². The van der Waals surface area contributed by atoms with Crippen LogP contribution in [0.1, 0.15) is 15.2 Å². The number of aromatic nitrogens is 1. The quantitative estimate of drug-likeness (QED) is 0.777. The maximum absolute atomic E-state index is 12.1. The zero-order valence-electron chi connectivity index (χ0n) is 10.5. The molecule has 2 N–H and O–H groups in total. The first-order valence-corrected chi connectivity index (χ1v) is 6.96. The van der Waals surface area contributed by atoms with Crippen LogP contribution in [-0.2, 0) is 6.54 Å². The number of nitrogens with one attached hydrogen (secondary N) is 1. The van der Waals surface area contributed by atoms with E-state index in [1.54, 1.807) is 18.3 Å². The summed E-state index contributed by atoms with van der Waals surface area (Å²) in [6.07, 6.45) is 1.64. The van der Waals surface area contributed by atoms with Gasteiger partial charge in [-0.1, -0.05) is 30.3 Å². The first-order chi connectivity index (χ1) is 9.75. The number of nitrogens with zero attached hydrogens (tertiary/aromatic N) is 1. The molecule has 3 aromatic rings. The second kappa shape index (κ2) is 5.30. The topological polar surface area (TPSA) is 62.2 Å². The molecule has 2 aromatic heterocycles. The third-order valence-corrected chi connectivity index (χ3v) is 4.04. The van der Waals surface area contributed by atoms with Gasteiger partial charge in [0.25, 0.3) is 5.91 Å². The molecular weight excluding hydrogens is 272 g/mol. The van der Waals surface area contributed by atoms with Gasteiger partial charge in [-0.15, -0.1) is 11.3 Å². The summed E-state index contributed by atoms with van der Waals surface area (Å²) < 4.78 is 0. The zero-order chi connectivity index (χ0) is 13.9. The van der Waals surface area contributed by atoms with Gasteiger partial charge in [0, 0.05) is 12.7 Å². The summed E-state index contributed by atoms with van der Waals surface area (Å²) in [4.78, 5) is 17.2. The lowest BCUT2D eigenvalue weighted by Crippen LogP contribution is -2.21. The van der Waals surface area contributed by atoms with E-state index in [1.165, 1.54) is 11.3 Å². The highest BCUT2D eigenvalue weighted by atomic mass is 32.1. The standard InChI is InChI=1S/C15H12N2O2S/c18-12-11-7-4-8-16-15(11)20-13(12)14(19)17-9-10-5-2-1-3-6-10/h1-8,18H,9H2,(H,17,19). The van der Waals surface area contributed by atoms with Crippen LogP contribution < -0.4 is 5.32 Å². The van der Waals surface area contributed by atoms with Crippen molar-refractivity contribution in [2.24, 2.45) is 0 Å². The largest absolute Gasteiger partial charge is 0.506 e. The Hall–Kier alpha value is -2.40.